The van der Waals surface area contributed by atoms with Crippen molar-refractivity contribution in [2.45, 2.75) is 33.2 Å². The van der Waals surface area contributed by atoms with Gasteiger partial charge in [0.15, 0.2) is 0 Å². The van der Waals surface area contributed by atoms with Crippen molar-refractivity contribution in [3.63, 3.8) is 0 Å². The van der Waals surface area contributed by atoms with Crippen LogP contribution >= 0.6 is 0 Å². The summed E-state index contributed by atoms with van der Waals surface area (Å²) in [6, 6.07) is 7.83. The molecule has 136 valence electrons. The number of hydrogen-bond donors (Lipinski definition) is 2. The summed E-state index contributed by atoms with van der Waals surface area (Å²) in [6.07, 6.45) is 3.54. The van der Waals surface area contributed by atoms with Crippen molar-refractivity contribution in [3.05, 3.63) is 36.7 Å². The van der Waals surface area contributed by atoms with Crippen molar-refractivity contribution in [2.24, 2.45) is 5.92 Å². The Bertz CT molecular complexity index is 653. The molecular weight excluding hydrogens is 316 g/mol. The molecule has 6 nitrogen and oxygen atoms in total. The minimum atomic E-state index is -0.0438. The van der Waals surface area contributed by atoms with Gasteiger partial charge in [-0.25, -0.2) is 9.97 Å². The van der Waals surface area contributed by atoms with Gasteiger partial charge in [-0.15, -0.1) is 0 Å². The molecule has 0 fully saturated rings. The lowest BCUT2D eigenvalue weighted by Crippen LogP contribution is -2.37. The topological polar surface area (TPSA) is 68.3 Å². The molecule has 0 saturated carbocycles. The Morgan fingerprint density at radius 2 is 1.96 bits per heavy atom. The molecule has 0 radical (unpaired) electrons. The second-order valence-electron chi connectivity index (χ2n) is 7.14. The summed E-state index contributed by atoms with van der Waals surface area (Å²) in [5, 5.41) is 3.33. The average Bonchev–Trinajstić information content (AvgIpc) is 2.59. The molecule has 0 saturated heterocycles. The van der Waals surface area contributed by atoms with Gasteiger partial charge in [-0.2, -0.15) is 5.48 Å². The Morgan fingerprint density at radius 3 is 2.60 bits per heavy atom. The van der Waals surface area contributed by atoms with E-state index in [4.69, 9.17) is 9.57 Å². The lowest BCUT2D eigenvalue weighted by molar-refractivity contribution is -0.0198. The van der Waals surface area contributed by atoms with Crippen LogP contribution in [-0.2, 0) is 4.84 Å². The van der Waals surface area contributed by atoms with E-state index in [2.05, 4.69) is 48.5 Å². The summed E-state index contributed by atoms with van der Waals surface area (Å²) >= 11 is 0. The highest BCUT2D eigenvalue weighted by Gasteiger charge is 2.11. The molecule has 1 unspecified atom stereocenters. The molecule has 2 rings (SSSR count). The lowest BCUT2D eigenvalue weighted by Gasteiger charge is -2.21. The second kappa shape index (κ2) is 8.78. The van der Waals surface area contributed by atoms with E-state index in [1.165, 1.54) is 0 Å². The van der Waals surface area contributed by atoms with Crippen molar-refractivity contribution in [1.29, 1.82) is 0 Å². The number of hydroxylamine groups is 1. The first kappa shape index (κ1) is 19.1. The fraction of sp³-hybridized carbons (Fsp3) is 0.474. The first-order valence-electron chi connectivity index (χ1n) is 8.47. The van der Waals surface area contributed by atoms with Gasteiger partial charge in [-0.1, -0.05) is 6.92 Å². The van der Waals surface area contributed by atoms with E-state index < -0.39 is 0 Å². The predicted octanol–water partition coefficient (Wildman–Crippen LogP) is 3.52. The number of nitrogens with one attached hydrogen (secondary N) is 2. The van der Waals surface area contributed by atoms with Gasteiger partial charge < -0.3 is 14.9 Å². The van der Waals surface area contributed by atoms with Crippen LogP contribution in [0.25, 0.3) is 11.1 Å². The number of aromatic nitrogens is 2. The van der Waals surface area contributed by atoms with Crippen LogP contribution in [0, 0.1) is 5.92 Å². The predicted molar refractivity (Wildman–Crippen MR) is 101 cm³/mol. The molecule has 0 aliphatic heterocycles. The van der Waals surface area contributed by atoms with Crippen LogP contribution in [0.1, 0.15) is 27.7 Å². The van der Waals surface area contributed by atoms with Crippen LogP contribution in [0.3, 0.4) is 0 Å². The number of pyridine rings is 2. The van der Waals surface area contributed by atoms with Crippen LogP contribution in [-0.4, -0.2) is 35.8 Å². The SMILES string of the molecule is COc1ncccc1-c1ccc(NCC(C)CONC(C)(C)C)nc1. The van der Waals surface area contributed by atoms with Gasteiger partial charge in [-0.3, -0.25) is 0 Å². The summed E-state index contributed by atoms with van der Waals surface area (Å²) in [6.45, 7) is 9.76. The zero-order valence-corrected chi connectivity index (χ0v) is 15.7. The number of nitrogens with zero attached hydrogens (tertiary/aromatic N) is 2. The summed E-state index contributed by atoms with van der Waals surface area (Å²) in [5.41, 5.74) is 4.89. The first-order valence-corrected chi connectivity index (χ1v) is 8.47. The van der Waals surface area contributed by atoms with Gasteiger partial charge in [-0.05, 0) is 51.0 Å². The minimum absolute atomic E-state index is 0.0438. The summed E-state index contributed by atoms with van der Waals surface area (Å²) in [7, 11) is 1.62. The fourth-order valence-corrected chi connectivity index (χ4v) is 2.17. The number of hydrogen-bond acceptors (Lipinski definition) is 6. The maximum absolute atomic E-state index is 5.52. The quantitative estimate of drug-likeness (QED) is 0.714. The number of ether oxygens (including phenoxy) is 1. The molecule has 2 heterocycles. The van der Waals surface area contributed by atoms with Crippen molar-refractivity contribution in [1.82, 2.24) is 15.4 Å². The Balaban J connectivity index is 1.86. The largest absolute Gasteiger partial charge is 0.481 e. The maximum atomic E-state index is 5.52. The highest BCUT2D eigenvalue weighted by atomic mass is 16.6. The van der Waals surface area contributed by atoms with E-state index in [0.29, 0.717) is 18.4 Å². The van der Waals surface area contributed by atoms with E-state index in [1.807, 2.05) is 30.5 Å². The molecule has 2 aromatic rings. The summed E-state index contributed by atoms with van der Waals surface area (Å²) in [4.78, 5) is 14.2. The van der Waals surface area contributed by atoms with E-state index in [9.17, 15) is 0 Å². The highest BCUT2D eigenvalue weighted by molar-refractivity contribution is 5.68. The number of anilines is 1. The Kier molecular flexibility index (Phi) is 6.73. The smallest absolute Gasteiger partial charge is 0.221 e. The van der Waals surface area contributed by atoms with E-state index >= 15 is 0 Å². The fourth-order valence-electron chi connectivity index (χ4n) is 2.17. The molecule has 1 atom stereocenters. The van der Waals surface area contributed by atoms with Crippen LogP contribution in [0.5, 0.6) is 5.88 Å². The van der Waals surface area contributed by atoms with E-state index in [0.717, 1.165) is 23.5 Å². The van der Waals surface area contributed by atoms with E-state index in [1.54, 1.807) is 13.3 Å². The van der Waals surface area contributed by atoms with E-state index in [-0.39, 0.29) is 5.54 Å². The third kappa shape index (κ3) is 6.32. The monoisotopic (exact) mass is 344 g/mol. The van der Waals surface area contributed by atoms with Gasteiger partial charge >= 0.3 is 0 Å². The number of methoxy groups -OCH3 is 1. The lowest BCUT2D eigenvalue weighted by atomic mass is 10.1. The van der Waals surface area contributed by atoms with Crippen molar-refractivity contribution in [3.8, 4) is 17.0 Å². The molecule has 2 aromatic heterocycles. The third-order valence-electron chi connectivity index (χ3n) is 3.42. The van der Waals surface area contributed by atoms with Crippen LogP contribution < -0.4 is 15.5 Å². The van der Waals surface area contributed by atoms with Gasteiger partial charge in [0.05, 0.1) is 13.7 Å². The van der Waals surface area contributed by atoms with Crippen LogP contribution in [0.4, 0.5) is 5.82 Å². The summed E-state index contributed by atoms with van der Waals surface area (Å²) < 4.78 is 5.30. The van der Waals surface area contributed by atoms with Crippen molar-refractivity contribution < 1.29 is 9.57 Å². The molecule has 0 amide bonds. The van der Waals surface area contributed by atoms with Crippen LogP contribution in [0.2, 0.25) is 0 Å². The van der Waals surface area contributed by atoms with Gasteiger partial charge in [0.2, 0.25) is 5.88 Å². The third-order valence-corrected chi connectivity index (χ3v) is 3.42. The van der Waals surface area contributed by atoms with Gasteiger partial charge in [0.1, 0.15) is 5.82 Å². The minimum Gasteiger partial charge on any atom is -0.481 e. The molecule has 0 spiro atoms. The first-order chi connectivity index (χ1) is 11.9. The zero-order chi connectivity index (χ0) is 18.3. The van der Waals surface area contributed by atoms with Crippen LogP contribution in [0.15, 0.2) is 36.7 Å². The zero-order valence-electron chi connectivity index (χ0n) is 15.7. The average molecular weight is 344 g/mol. The highest BCUT2D eigenvalue weighted by Crippen LogP contribution is 2.27. The standard InChI is InChI=1S/C19H28N4O2/c1-14(13-25-23-19(2,3)4)11-21-17-9-8-15(12-22-17)16-7-6-10-20-18(16)24-5/h6-10,12,14,23H,11,13H2,1-5H3,(H,21,22). The molecule has 6 heteroatoms. The van der Waals surface area contributed by atoms with Crippen molar-refractivity contribution in [2.75, 3.05) is 25.6 Å². The summed E-state index contributed by atoms with van der Waals surface area (Å²) in [5.74, 6) is 1.79. The number of rotatable bonds is 8. The molecule has 2 N–H and O–H groups in total. The Labute approximate surface area is 149 Å². The molecule has 0 aromatic carbocycles. The molecular formula is C19H28N4O2. The normalized spacial score (nSPS) is 12.7. The second-order valence-corrected chi connectivity index (χ2v) is 7.14. The van der Waals surface area contributed by atoms with Gasteiger partial charge in [0, 0.05) is 35.6 Å². The molecule has 0 bridgehead atoms. The molecule has 25 heavy (non-hydrogen) atoms. The van der Waals surface area contributed by atoms with Gasteiger partial charge in [0.25, 0.3) is 0 Å². The van der Waals surface area contributed by atoms with Crippen molar-refractivity contribution >= 4 is 5.82 Å². The Hall–Kier alpha value is -2.18. The molecule has 0 aliphatic rings. The Morgan fingerprint density at radius 1 is 1.16 bits per heavy atom. The molecule has 0 aliphatic carbocycles. The maximum Gasteiger partial charge on any atom is 0.221 e.